The van der Waals surface area contributed by atoms with E-state index in [4.69, 9.17) is 4.74 Å². The first-order valence-electron chi connectivity index (χ1n) is 16.2. The van der Waals surface area contributed by atoms with Crippen LogP contribution in [0.25, 0.3) is 0 Å². The molecule has 1 atom stereocenters. The van der Waals surface area contributed by atoms with E-state index in [1.807, 2.05) is 51.7 Å². The summed E-state index contributed by atoms with van der Waals surface area (Å²) in [5, 5.41) is 2.37. The maximum Gasteiger partial charge on any atom is 0.410 e. The van der Waals surface area contributed by atoms with Gasteiger partial charge in [-0.3, -0.25) is 19.7 Å². The van der Waals surface area contributed by atoms with Gasteiger partial charge in [0.25, 0.3) is 5.91 Å². The van der Waals surface area contributed by atoms with Gasteiger partial charge in [-0.2, -0.15) is 0 Å². The van der Waals surface area contributed by atoms with E-state index in [2.05, 4.69) is 21.2 Å². The lowest BCUT2D eigenvalue weighted by atomic mass is 9.71. The van der Waals surface area contributed by atoms with Gasteiger partial charge in [-0.05, 0) is 89.6 Å². The molecule has 10 nitrogen and oxygen atoms in total. The summed E-state index contributed by atoms with van der Waals surface area (Å²) in [5.74, 6) is -0.123. The van der Waals surface area contributed by atoms with Gasteiger partial charge >= 0.3 is 6.09 Å². The minimum atomic E-state index is -0.578. The molecular weight excluding hydrogens is 546 g/mol. The van der Waals surface area contributed by atoms with Crippen molar-refractivity contribution in [2.45, 2.75) is 91.3 Å². The van der Waals surface area contributed by atoms with Gasteiger partial charge < -0.3 is 24.3 Å². The molecule has 0 aliphatic carbocycles. The molecule has 1 spiro atoms. The van der Waals surface area contributed by atoms with Crippen molar-refractivity contribution in [3.05, 3.63) is 29.3 Å². The Hall–Kier alpha value is -3.14. The molecule has 4 fully saturated rings. The highest BCUT2D eigenvalue weighted by Gasteiger charge is 2.46. The van der Waals surface area contributed by atoms with Crippen molar-refractivity contribution in [3.63, 3.8) is 0 Å². The summed E-state index contributed by atoms with van der Waals surface area (Å²) in [6.07, 6.45) is 4.90. The van der Waals surface area contributed by atoms with Crippen LogP contribution in [0.5, 0.6) is 0 Å². The Morgan fingerprint density at radius 3 is 2.30 bits per heavy atom. The number of rotatable bonds is 4. The number of nitrogens with one attached hydrogen (secondary N) is 1. The number of piperidine rings is 3. The molecule has 4 saturated heterocycles. The number of carbonyl (C=O) groups is 4. The molecule has 0 saturated carbocycles. The predicted molar refractivity (Wildman–Crippen MR) is 165 cm³/mol. The van der Waals surface area contributed by atoms with Crippen molar-refractivity contribution < 1.29 is 23.9 Å². The zero-order valence-electron chi connectivity index (χ0n) is 26.6. The number of hydrogen-bond acceptors (Lipinski definition) is 7. The highest BCUT2D eigenvalue weighted by molar-refractivity contribution is 6.05. The third-order valence-electron chi connectivity index (χ3n) is 9.63. The number of nitrogens with zero attached hydrogens (tertiary/aromatic N) is 4. The highest BCUT2D eigenvalue weighted by atomic mass is 16.6. The topological polar surface area (TPSA) is 102 Å². The van der Waals surface area contributed by atoms with E-state index in [1.54, 1.807) is 4.90 Å². The number of benzene rings is 1. The summed E-state index contributed by atoms with van der Waals surface area (Å²) in [6, 6.07) is 5.54. The Bertz CT molecular complexity index is 1220. The monoisotopic (exact) mass is 595 g/mol. The fourth-order valence-electron chi connectivity index (χ4n) is 7.20. The average Bonchev–Trinajstić information content (AvgIpc) is 3.28. The number of fused-ring (bicyclic) bond motifs is 1. The van der Waals surface area contributed by atoms with Crippen molar-refractivity contribution in [3.8, 4) is 0 Å². The SMILES string of the molecule is CC.CC(C)(C)OC(=O)N1CCC(CN2CCC3(CC2)CN(c2ccc4c(c2)C(=O)N(C2CCC(=O)NC2=O)C4)C3)CC1. The summed E-state index contributed by atoms with van der Waals surface area (Å²) in [6.45, 7) is 17.1. The van der Waals surface area contributed by atoms with E-state index >= 15 is 0 Å². The third-order valence-corrected chi connectivity index (χ3v) is 9.63. The van der Waals surface area contributed by atoms with Crippen molar-refractivity contribution in [1.82, 2.24) is 20.0 Å². The molecule has 10 heteroatoms. The minimum Gasteiger partial charge on any atom is -0.444 e. The molecular formula is C33H49N5O5. The second-order valence-corrected chi connectivity index (χ2v) is 13.8. The van der Waals surface area contributed by atoms with Gasteiger partial charge in [0.15, 0.2) is 0 Å². The van der Waals surface area contributed by atoms with Crippen molar-refractivity contribution in [1.29, 1.82) is 0 Å². The van der Waals surface area contributed by atoms with Crippen LogP contribution in [-0.2, 0) is 20.9 Å². The first-order valence-corrected chi connectivity index (χ1v) is 16.2. The lowest BCUT2D eigenvalue weighted by molar-refractivity contribution is -0.136. The fraction of sp³-hybridized carbons (Fsp3) is 0.697. The molecule has 1 aromatic carbocycles. The number of likely N-dealkylation sites (tertiary alicyclic amines) is 2. The molecule has 5 heterocycles. The van der Waals surface area contributed by atoms with Gasteiger partial charge in [-0.15, -0.1) is 0 Å². The Morgan fingerprint density at radius 1 is 1.00 bits per heavy atom. The number of anilines is 1. The van der Waals surface area contributed by atoms with Crippen LogP contribution < -0.4 is 10.2 Å². The summed E-state index contributed by atoms with van der Waals surface area (Å²) in [7, 11) is 0. The van der Waals surface area contributed by atoms with E-state index in [0.29, 0.717) is 29.9 Å². The van der Waals surface area contributed by atoms with Crippen LogP contribution in [0.1, 0.15) is 89.1 Å². The quantitative estimate of drug-likeness (QED) is 0.525. The normalized spacial score (nSPS) is 24.3. The van der Waals surface area contributed by atoms with Crippen molar-refractivity contribution >= 4 is 29.5 Å². The number of carbonyl (C=O) groups excluding carboxylic acids is 4. The molecule has 1 aromatic rings. The van der Waals surface area contributed by atoms with E-state index in [0.717, 1.165) is 69.9 Å². The second kappa shape index (κ2) is 12.5. The second-order valence-electron chi connectivity index (χ2n) is 13.8. The molecule has 0 aromatic heterocycles. The zero-order chi connectivity index (χ0) is 30.9. The van der Waals surface area contributed by atoms with Gasteiger partial charge in [-0.25, -0.2) is 4.79 Å². The van der Waals surface area contributed by atoms with Crippen LogP contribution in [0.3, 0.4) is 0 Å². The molecule has 43 heavy (non-hydrogen) atoms. The van der Waals surface area contributed by atoms with Gasteiger partial charge in [0.1, 0.15) is 11.6 Å². The zero-order valence-corrected chi connectivity index (χ0v) is 26.6. The Balaban J connectivity index is 0.00000180. The van der Waals surface area contributed by atoms with Gasteiger partial charge in [0, 0.05) is 62.4 Å². The molecule has 0 radical (unpaired) electrons. The number of hydrogen-bond donors (Lipinski definition) is 1. The molecule has 1 N–H and O–H groups in total. The van der Waals surface area contributed by atoms with Crippen LogP contribution >= 0.6 is 0 Å². The van der Waals surface area contributed by atoms with Crippen LogP contribution in [0.2, 0.25) is 0 Å². The van der Waals surface area contributed by atoms with Crippen molar-refractivity contribution in [2.75, 3.05) is 50.7 Å². The molecule has 6 rings (SSSR count). The van der Waals surface area contributed by atoms with Crippen LogP contribution in [-0.4, -0.2) is 96.0 Å². The first kappa shape index (κ1) is 31.3. The average molecular weight is 596 g/mol. The molecule has 0 bridgehead atoms. The molecule has 5 aliphatic heterocycles. The van der Waals surface area contributed by atoms with Gasteiger partial charge in [0.2, 0.25) is 11.8 Å². The summed E-state index contributed by atoms with van der Waals surface area (Å²) in [4.78, 5) is 57.9. The Labute approximate surface area is 256 Å². The summed E-state index contributed by atoms with van der Waals surface area (Å²) < 4.78 is 5.54. The first-order chi connectivity index (χ1) is 20.5. The fourth-order valence-corrected chi connectivity index (χ4v) is 7.20. The lowest BCUT2D eigenvalue weighted by Crippen LogP contribution is -2.60. The Morgan fingerprint density at radius 2 is 1.67 bits per heavy atom. The maximum absolute atomic E-state index is 13.2. The molecule has 5 aliphatic rings. The van der Waals surface area contributed by atoms with Gasteiger partial charge in [-0.1, -0.05) is 19.9 Å². The number of imide groups is 1. The molecule has 236 valence electrons. The van der Waals surface area contributed by atoms with Crippen LogP contribution in [0, 0.1) is 11.3 Å². The number of ether oxygens (including phenoxy) is 1. The minimum absolute atomic E-state index is 0.114. The van der Waals surface area contributed by atoms with Gasteiger partial charge in [0.05, 0.1) is 0 Å². The van der Waals surface area contributed by atoms with Crippen molar-refractivity contribution in [2.24, 2.45) is 11.3 Å². The summed E-state index contributed by atoms with van der Waals surface area (Å²) in [5.41, 5.74) is 2.60. The largest absolute Gasteiger partial charge is 0.444 e. The third kappa shape index (κ3) is 6.84. The van der Waals surface area contributed by atoms with E-state index < -0.39 is 11.6 Å². The smallest absolute Gasteiger partial charge is 0.410 e. The molecule has 4 amide bonds. The highest BCUT2D eigenvalue weighted by Crippen LogP contribution is 2.43. The predicted octanol–water partition coefficient (Wildman–Crippen LogP) is 4.02. The number of amides is 4. The van der Waals surface area contributed by atoms with Crippen LogP contribution in [0.4, 0.5) is 10.5 Å². The van der Waals surface area contributed by atoms with E-state index in [9.17, 15) is 19.2 Å². The van der Waals surface area contributed by atoms with E-state index in [-0.39, 0.29) is 30.2 Å². The van der Waals surface area contributed by atoms with Crippen LogP contribution in [0.15, 0.2) is 18.2 Å². The Kier molecular flexibility index (Phi) is 9.07. The lowest BCUT2D eigenvalue weighted by Gasteiger charge is -2.55. The molecule has 1 unspecified atom stereocenters. The summed E-state index contributed by atoms with van der Waals surface area (Å²) >= 11 is 0. The maximum atomic E-state index is 13.2. The van der Waals surface area contributed by atoms with E-state index in [1.165, 1.54) is 12.8 Å². The standard InChI is InChI=1S/C31H43N5O5.C2H6/c1-30(2,3)41-29(40)34-12-8-21(9-13-34)17-33-14-10-31(11-15-33)19-35(20-31)23-5-4-22-18-36(28(39)24(22)16-23)25-6-7-26(37)32-27(25)38;1-2/h4-5,16,21,25H,6-15,17-20H2,1-3H3,(H,32,37,38);1-2H3.